The van der Waals surface area contributed by atoms with Crippen molar-refractivity contribution < 1.29 is 19.4 Å². The fourth-order valence-corrected chi connectivity index (χ4v) is 2.77. The number of carboxylic acids is 1. The van der Waals surface area contributed by atoms with Crippen LogP contribution in [0.4, 0.5) is 0 Å². The lowest BCUT2D eigenvalue weighted by atomic mass is 9.96. The molecule has 0 radical (unpaired) electrons. The van der Waals surface area contributed by atoms with Crippen molar-refractivity contribution in [3.8, 4) is 5.75 Å². The summed E-state index contributed by atoms with van der Waals surface area (Å²) in [5, 5.41) is 8.96. The highest BCUT2D eigenvalue weighted by molar-refractivity contribution is 5.77. The van der Waals surface area contributed by atoms with Gasteiger partial charge in [-0.2, -0.15) is 0 Å². The molecule has 120 valence electrons. The average molecular weight is 305 g/mol. The van der Waals surface area contributed by atoms with E-state index >= 15 is 0 Å². The van der Waals surface area contributed by atoms with Gasteiger partial charge in [-0.15, -0.1) is 0 Å². The summed E-state index contributed by atoms with van der Waals surface area (Å²) in [5.41, 5.74) is 1.19. The number of carbonyl (C=O) groups excluding carboxylic acids is 1. The van der Waals surface area contributed by atoms with Crippen LogP contribution in [0, 0.1) is 5.92 Å². The van der Waals surface area contributed by atoms with Crippen LogP contribution in [0.3, 0.4) is 0 Å². The molecule has 0 unspecified atom stereocenters. The fourth-order valence-electron chi connectivity index (χ4n) is 2.77. The fraction of sp³-hybridized carbons (Fsp3) is 0.529. The molecule has 0 aromatic heterocycles. The molecule has 1 aromatic rings. The third kappa shape index (κ3) is 4.48. The number of nitrogens with zero attached hydrogens (tertiary/aromatic N) is 1. The van der Waals surface area contributed by atoms with E-state index in [1.165, 1.54) is 5.56 Å². The zero-order valence-electron chi connectivity index (χ0n) is 13.0. The van der Waals surface area contributed by atoms with Crippen LogP contribution in [-0.2, 0) is 16.0 Å². The lowest BCUT2D eigenvalue weighted by Gasteiger charge is -2.30. The molecule has 2 rings (SSSR count). The van der Waals surface area contributed by atoms with Crippen molar-refractivity contribution in [1.82, 2.24) is 4.90 Å². The molecule has 0 aliphatic carbocycles. The van der Waals surface area contributed by atoms with E-state index < -0.39 is 5.97 Å². The first kappa shape index (κ1) is 16.3. The Labute approximate surface area is 130 Å². The third-order valence-electron chi connectivity index (χ3n) is 4.21. The van der Waals surface area contributed by atoms with Crippen molar-refractivity contribution in [2.24, 2.45) is 5.92 Å². The van der Waals surface area contributed by atoms with Crippen molar-refractivity contribution >= 4 is 11.9 Å². The lowest BCUT2D eigenvalue weighted by Crippen LogP contribution is -2.40. The Bertz CT molecular complexity index is 504. The highest BCUT2D eigenvalue weighted by Gasteiger charge is 2.26. The van der Waals surface area contributed by atoms with Gasteiger partial charge in [0.25, 0.3) is 0 Å². The monoisotopic (exact) mass is 305 g/mol. The van der Waals surface area contributed by atoms with Crippen molar-refractivity contribution in [3.05, 3.63) is 29.8 Å². The molecule has 0 bridgehead atoms. The van der Waals surface area contributed by atoms with E-state index in [2.05, 4.69) is 0 Å². The van der Waals surface area contributed by atoms with E-state index in [1.807, 2.05) is 24.3 Å². The van der Waals surface area contributed by atoms with Gasteiger partial charge in [-0.05, 0) is 43.4 Å². The van der Waals surface area contributed by atoms with Crippen molar-refractivity contribution in [3.63, 3.8) is 0 Å². The molecule has 1 N–H and O–H groups in total. The van der Waals surface area contributed by atoms with E-state index in [-0.39, 0.29) is 11.8 Å². The van der Waals surface area contributed by atoms with Gasteiger partial charge in [0.2, 0.25) is 5.91 Å². The summed E-state index contributed by atoms with van der Waals surface area (Å²) >= 11 is 0. The number of likely N-dealkylation sites (tertiary alicyclic amines) is 1. The number of carbonyl (C=O) groups is 2. The Balaban J connectivity index is 1.70. The summed E-state index contributed by atoms with van der Waals surface area (Å²) in [5.74, 6) is -0.0616. The van der Waals surface area contributed by atoms with E-state index in [0.717, 1.165) is 18.6 Å². The van der Waals surface area contributed by atoms with Gasteiger partial charge in [0, 0.05) is 19.5 Å². The van der Waals surface area contributed by atoms with Crippen molar-refractivity contribution in [1.29, 1.82) is 0 Å². The molecule has 1 aliphatic heterocycles. The second-order valence-corrected chi connectivity index (χ2v) is 5.69. The minimum Gasteiger partial charge on any atom is -0.497 e. The Morgan fingerprint density at radius 3 is 2.41 bits per heavy atom. The van der Waals surface area contributed by atoms with E-state index in [1.54, 1.807) is 12.0 Å². The molecule has 1 aliphatic rings. The summed E-state index contributed by atoms with van der Waals surface area (Å²) in [7, 11) is 1.64. The van der Waals surface area contributed by atoms with Gasteiger partial charge in [0.05, 0.1) is 13.0 Å². The van der Waals surface area contributed by atoms with Gasteiger partial charge in [0.1, 0.15) is 5.75 Å². The Kier molecular flexibility index (Phi) is 5.81. The summed E-state index contributed by atoms with van der Waals surface area (Å²) in [4.78, 5) is 24.8. The molecule has 1 aromatic carbocycles. The van der Waals surface area contributed by atoms with Gasteiger partial charge in [-0.3, -0.25) is 9.59 Å². The molecule has 1 saturated heterocycles. The van der Waals surface area contributed by atoms with Gasteiger partial charge in [0.15, 0.2) is 0 Å². The van der Waals surface area contributed by atoms with Crippen LogP contribution in [0.25, 0.3) is 0 Å². The first-order chi connectivity index (χ1) is 10.6. The largest absolute Gasteiger partial charge is 0.497 e. The quantitative estimate of drug-likeness (QED) is 0.876. The normalized spacial score (nSPS) is 15.6. The standard InChI is InChI=1S/C17H23NO4/c1-22-15-7-5-13(6-8-15)3-2-4-16(19)18-11-9-14(10-12-18)17(20)21/h5-8,14H,2-4,9-12H2,1H3,(H,20,21). The van der Waals surface area contributed by atoms with Crippen LogP contribution < -0.4 is 4.74 Å². The number of hydrogen-bond donors (Lipinski definition) is 1. The van der Waals surface area contributed by atoms with Crippen LogP contribution >= 0.6 is 0 Å². The minimum atomic E-state index is -0.744. The number of rotatable bonds is 6. The summed E-state index contributed by atoms with van der Waals surface area (Å²) in [6.07, 6.45) is 3.33. The lowest BCUT2D eigenvalue weighted by molar-refractivity contribution is -0.145. The first-order valence-electron chi connectivity index (χ1n) is 7.73. The van der Waals surface area contributed by atoms with Crippen LogP contribution in [0.15, 0.2) is 24.3 Å². The van der Waals surface area contributed by atoms with Gasteiger partial charge in [-0.25, -0.2) is 0 Å². The second kappa shape index (κ2) is 7.82. The molecule has 0 spiro atoms. The number of aliphatic carboxylic acids is 1. The molecular weight excluding hydrogens is 282 g/mol. The Morgan fingerprint density at radius 1 is 1.23 bits per heavy atom. The second-order valence-electron chi connectivity index (χ2n) is 5.69. The smallest absolute Gasteiger partial charge is 0.306 e. The summed E-state index contributed by atoms with van der Waals surface area (Å²) < 4.78 is 5.11. The zero-order chi connectivity index (χ0) is 15.9. The van der Waals surface area contributed by atoms with Crippen molar-refractivity contribution in [2.45, 2.75) is 32.1 Å². The van der Waals surface area contributed by atoms with Gasteiger partial charge < -0.3 is 14.7 Å². The Hall–Kier alpha value is -2.04. The van der Waals surface area contributed by atoms with Crippen molar-refractivity contribution in [2.75, 3.05) is 20.2 Å². The molecule has 22 heavy (non-hydrogen) atoms. The molecule has 0 saturated carbocycles. The third-order valence-corrected chi connectivity index (χ3v) is 4.21. The SMILES string of the molecule is COc1ccc(CCCC(=O)N2CCC(C(=O)O)CC2)cc1. The number of amides is 1. The molecule has 1 fully saturated rings. The maximum atomic E-state index is 12.1. The number of piperidine rings is 1. The average Bonchev–Trinajstić information content (AvgIpc) is 2.55. The number of aryl methyl sites for hydroxylation is 1. The highest BCUT2D eigenvalue weighted by atomic mass is 16.5. The number of methoxy groups -OCH3 is 1. The molecular formula is C17H23NO4. The van der Waals surface area contributed by atoms with Crippen LogP contribution in [0.5, 0.6) is 5.75 Å². The van der Waals surface area contributed by atoms with E-state index in [0.29, 0.717) is 32.4 Å². The number of hydrogen-bond acceptors (Lipinski definition) is 3. The van der Waals surface area contributed by atoms with Gasteiger partial charge in [-0.1, -0.05) is 12.1 Å². The number of carboxylic acid groups (broad SMARTS) is 1. The molecule has 5 nitrogen and oxygen atoms in total. The predicted octanol–water partition coefficient (Wildman–Crippen LogP) is 2.34. The molecule has 0 atom stereocenters. The maximum absolute atomic E-state index is 12.1. The van der Waals surface area contributed by atoms with Crippen LogP contribution in [0.2, 0.25) is 0 Å². The highest BCUT2D eigenvalue weighted by Crippen LogP contribution is 2.19. The zero-order valence-corrected chi connectivity index (χ0v) is 13.0. The predicted molar refractivity (Wildman–Crippen MR) is 82.9 cm³/mol. The van der Waals surface area contributed by atoms with Crippen LogP contribution in [-0.4, -0.2) is 42.1 Å². The molecule has 1 heterocycles. The summed E-state index contributed by atoms with van der Waals surface area (Å²) in [6, 6.07) is 7.88. The molecule has 5 heteroatoms. The number of benzene rings is 1. The van der Waals surface area contributed by atoms with Crippen LogP contribution in [0.1, 0.15) is 31.2 Å². The topological polar surface area (TPSA) is 66.8 Å². The van der Waals surface area contributed by atoms with E-state index in [4.69, 9.17) is 9.84 Å². The Morgan fingerprint density at radius 2 is 1.86 bits per heavy atom. The maximum Gasteiger partial charge on any atom is 0.306 e. The molecule has 1 amide bonds. The summed E-state index contributed by atoms with van der Waals surface area (Å²) in [6.45, 7) is 1.14. The first-order valence-corrected chi connectivity index (χ1v) is 7.73. The van der Waals surface area contributed by atoms with Gasteiger partial charge >= 0.3 is 5.97 Å². The minimum absolute atomic E-state index is 0.136. The number of ether oxygens (including phenoxy) is 1. The van der Waals surface area contributed by atoms with E-state index in [9.17, 15) is 9.59 Å².